The number of esters is 1. The van der Waals surface area contributed by atoms with Crippen molar-refractivity contribution >= 4 is 19.7 Å². The largest absolute Gasteiger partial charge is 0.472 e. The smallest absolute Gasteiger partial charge is 0.456 e. The molecule has 0 aromatic rings. The summed E-state index contributed by atoms with van der Waals surface area (Å²) >= 11 is 0. The number of likely N-dealkylation sites (N-methyl/N-ethyl adjacent to an activating group) is 1. The monoisotopic (exact) mass is 1120 g/mol. The Kier molecular flexibility index (Phi) is 56.7. The van der Waals surface area contributed by atoms with E-state index in [1.165, 1.54) is 199 Å². The molecule has 0 aromatic heterocycles. The number of hydrogen-bond acceptors (Lipinski definition) is 6. The molecule has 0 saturated heterocycles. The Morgan fingerprint density at radius 1 is 0.462 bits per heavy atom. The van der Waals surface area contributed by atoms with Crippen molar-refractivity contribution in [1.82, 2.24) is 5.32 Å². The second kappa shape index (κ2) is 58.2. The molecule has 3 unspecified atom stereocenters. The van der Waals surface area contributed by atoms with Gasteiger partial charge in [0.1, 0.15) is 19.3 Å². The van der Waals surface area contributed by atoms with Crippen molar-refractivity contribution in [1.29, 1.82) is 0 Å². The van der Waals surface area contributed by atoms with E-state index in [1.54, 1.807) is 0 Å². The maximum absolute atomic E-state index is 13.5. The van der Waals surface area contributed by atoms with Crippen LogP contribution in [0.3, 0.4) is 0 Å². The molecule has 0 aliphatic carbocycles. The fraction of sp³-hybridized carbons (Fsp3) is 0.853. The third-order valence-electron chi connectivity index (χ3n) is 15.0. The van der Waals surface area contributed by atoms with E-state index >= 15 is 0 Å². The fourth-order valence-corrected chi connectivity index (χ4v) is 10.6. The first-order valence-corrected chi connectivity index (χ1v) is 35.0. The molecule has 0 heterocycles. The van der Waals surface area contributed by atoms with Crippen molar-refractivity contribution in [2.75, 3.05) is 40.9 Å². The van der Waals surface area contributed by atoms with Crippen LogP contribution in [0.25, 0.3) is 0 Å². The molecule has 0 spiro atoms. The molecule has 0 radical (unpaired) electrons. The van der Waals surface area contributed by atoms with E-state index in [0.717, 1.165) is 89.9 Å². The van der Waals surface area contributed by atoms with Gasteiger partial charge in [0.15, 0.2) is 0 Å². The highest BCUT2D eigenvalue weighted by molar-refractivity contribution is 7.47. The number of nitrogens with zero attached hydrogens (tertiary/aromatic N) is 1. The fourth-order valence-electron chi connectivity index (χ4n) is 9.90. The third-order valence-corrected chi connectivity index (χ3v) is 16.0. The number of phosphoric ester groups is 1. The quantitative estimate of drug-likeness (QED) is 0.0205. The number of hydrogen-bond donors (Lipinski definition) is 2. The van der Waals surface area contributed by atoms with Crippen LogP contribution in [0, 0.1) is 0 Å². The van der Waals surface area contributed by atoms with Gasteiger partial charge in [-0.15, -0.1) is 0 Å². The number of unbranched alkanes of at least 4 members (excludes halogenated alkanes) is 39. The van der Waals surface area contributed by atoms with Gasteiger partial charge in [-0.25, -0.2) is 4.57 Å². The van der Waals surface area contributed by atoms with Crippen molar-refractivity contribution in [3.63, 3.8) is 0 Å². The number of quaternary nitrogens is 1. The molecule has 9 nitrogen and oxygen atoms in total. The van der Waals surface area contributed by atoms with Crippen LogP contribution in [0.4, 0.5) is 0 Å². The zero-order chi connectivity index (χ0) is 57.2. The van der Waals surface area contributed by atoms with E-state index in [9.17, 15) is 19.0 Å². The van der Waals surface area contributed by atoms with Crippen LogP contribution in [0.2, 0.25) is 0 Å². The standard InChI is InChI=1S/C68H129N2O7P/c1-7-10-13-16-19-22-25-28-30-31-32-33-34-35-36-37-38-39-40-43-46-49-52-55-58-61-68(72)77-66(59-56-53-50-47-44-41-27-24-21-18-15-12-9-3)65(64-76-78(73,74)75-63-62-70(4,5)6)69-67(71)60-57-54-51-48-45-42-29-26-23-20-17-14-11-8-2/h11,14,20,23,29,42,56,59,65-66H,7-10,12-13,15-19,21-22,24-28,30-41,43-55,57-58,60-64H2,1-6H3,(H-,69,71,73,74)/p+1/b14-11+,23-20+,42-29+,59-56-. The van der Waals surface area contributed by atoms with Crippen LogP contribution in [-0.2, 0) is 27.9 Å². The predicted molar refractivity (Wildman–Crippen MR) is 337 cm³/mol. The maximum Gasteiger partial charge on any atom is 0.472 e. The van der Waals surface area contributed by atoms with Gasteiger partial charge in [0.25, 0.3) is 0 Å². The molecule has 2 N–H and O–H groups in total. The summed E-state index contributed by atoms with van der Waals surface area (Å²) in [5, 5.41) is 3.05. The van der Waals surface area contributed by atoms with E-state index in [0.29, 0.717) is 23.9 Å². The Labute approximate surface area is 484 Å². The van der Waals surface area contributed by atoms with Crippen LogP contribution in [0.15, 0.2) is 48.6 Å². The molecular formula is C68H130N2O7P+. The van der Waals surface area contributed by atoms with Crippen LogP contribution in [-0.4, -0.2) is 74.3 Å². The Hall–Kier alpha value is -2.03. The summed E-state index contributed by atoms with van der Waals surface area (Å²) in [6, 6.07) is -0.858. The number of amides is 1. The second-order valence-electron chi connectivity index (χ2n) is 24.0. The summed E-state index contributed by atoms with van der Waals surface area (Å²) in [5.41, 5.74) is 0. The van der Waals surface area contributed by atoms with Gasteiger partial charge in [-0.2, -0.15) is 0 Å². The van der Waals surface area contributed by atoms with Crippen molar-refractivity contribution in [2.45, 2.75) is 335 Å². The number of carbonyl (C=O) groups is 2. The number of rotatable bonds is 61. The lowest BCUT2D eigenvalue weighted by Crippen LogP contribution is -2.47. The van der Waals surface area contributed by atoms with E-state index in [4.69, 9.17) is 13.8 Å². The van der Waals surface area contributed by atoms with E-state index in [-0.39, 0.29) is 25.1 Å². The lowest BCUT2D eigenvalue weighted by Gasteiger charge is -2.27. The minimum Gasteiger partial charge on any atom is -0.456 e. The Morgan fingerprint density at radius 2 is 0.821 bits per heavy atom. The van der Waals surface area contributed by atoms with Crippen LogP contribution in [0.1, 0.15) is 323 Å². The molecule has 0 saturated carbocycles. The average molecular weight is 1120 g/mol. The summed E-state index contributed by atoms with van der Waals surface area (Å²) in [7, 11) is 1.49. The van der Waals surface area contributed by atoms with Gasteiger partial charge in [-0.05, 0) is 63.9 Å². The number of nitrogens with one attached hydrogen (secondary N) is 1. The molecule has 78 heavy (non-hydrogen) atoms. The maximum atomic E-state index is 13.5. The summed E-state index contributed by atoms with van der Waals surface area (Å²) in [4.78, 5) is 37.8. The molecule has 0 aliphatic rings. The first kappa shape index (κ1) is 76.0. The van der Waals surface area contributed by atoms with Crippen LogP contribution < -0.4 is 5.32 Å². The Bertz CT molecular complexity index is 1470. The van der Waals surface area contributed by atoms with Gasteiger partial charge < -0.3 is 19.4 Å². The molecule has 458 valence electrons. The zero-order valence-electron chi connectivity index (χ0n) is 52.4. The van der Waals surface area contributed by atoms with Gasteiger partial charge in [0.2, 0.25) is 5.91 Å². The van der Waals surface area contributed by atoms with Gasteiger partial charge in [-0.1, -0.05) is 294 Å². The SMILES string of the molecule is CC/C=C/C/C=C/C/C=C/CCCCCCC(=O)NC(COP(=O)(O)OCC[N+](C)(C)C)C(/C=C\CCCCCCCCCCCCC)OC(=O)CCCCCCCCCCCCCCCCCCCCCCCCCCC. The zero-order valence-corrected chi connectivity index (χ0v) is 53.3. The number of allylic oxidation sites excluding steroid dienone is 7. The minimum absolute atomic E-state index is 0.0367. The van der Waals surface area contributed by atoms with E-state index < -0.39 is 20.0 Å². The van der Waals surface area contributed by atoms with Crippen molar-refractivity contribution in [3.8, 4) is 0 Å². The molecule has 0 aromatic carbocycles. The van der Waals surface area contributed by atoms with Crippen molar-refractivity contribution in [3.05, 3.63) is 48.6 Å². The van der Waals surface area contributed by atoms with Crippen LogP contribution >= 0.6 is 7.82 Å². The van der Waals surface area contributed by atoms with Gasteiger partial charge in [0.05, 0.1) is 33.8 Å². The molecule has 0 fully saturated rings. The highest BCUT2D eigenvalue weighted by atomic mass is 31.2. The number of ether oxygens (including phenoxy) is 1. The molecule has 3 atom stereocenters. The second-order valence-corrected chi connectivity index (χ2v) is 25.4. The van der Waals surface area contributed by atoms with E-state index in [2.05, 4.69) is 62.5 Å². The van der Waals surface area contributed by atoms with Crippen LogP contribution in [0.5, 0.6) is 0 Å². The highest BCUT2D eigenvalue weighted by Gasteiger charge is 2.30. The first-order chi connectivity index (χ1) is 37.9. The average Bonchev–Trinajstić information content (AvgIpc) is 3.40. The molecule has 10 heteroatoms. The van der Waals surface area contributed by atoms with Gasteiger partial charge in [-0.3, -0.25) is 18.6 Å². The van der Waals surface area contributed by atoms with Gasteiger partial charge >= 0.3 is 13.8 Å². The number of phosphoric acid groups is 1. The Morgan fingerprint density at radius 3 is 1.23 bits per heavy atom. The topological polar surface area (TPSA) is 111 Å². The molecule has 0 aliphatic heterocycles. The van der Waals surface area contributed by atoms with Crippen molar-refractivity contribution < 1.29 is 37.3 Å². The molecule has 1 amide bonds. The molecule has 0 rings (SSSR count). The van der Waals surface area contributed by atoms with E-state index in [1.807, 2.05) is 33.3 Å². The van der Waals surface area contributed by atoms with Crippen molar-refractivity contribution in [2.24, 2.45) is 0 Å². The summed E-state index contributed by atoms with van der Waals surface area (Å²) < 4.78 is 30.7. The normalized spacial score (nSPS) is 13.9. The summed E-state index contributed by atoms with van der Waals surface area (Å²) in [5.74, 6) is -0.518. The summed E-state index contributed by atoms with van der Waals surface area (Å²) in [6.07, 6.45) is 72.7. The predicted octanol–water partition coefficient (Wildman–Crippen LogP) is 20.8. The van der Waals surface area contributed by atoms with Gasteiger partial charge in [0, 0.05) is 12.8 Å². The number of carbonyl (C=O) groups excluding carboxylic acids is 2. The third kappa shape index (κ3) is 58.6. The minimum atomic E-state index is -4.45. The molecular weight excluding hydrogens is 988 g/mol. The highest BCUT2D eigenvalue weighted by Crippen LogP contribution is 2.43. The summed E-state index contributed by atoms with van der Waals surface area (Å²) in [6.45, 7) is 6.92. The Balaban J connectivity index is 5.08. The lowest BCUT2D eigenvalue weighted by molar-refractivity contribution is -0.870. The first-order valence-electron chi connectivity index (χ1n) is 33.5. The lowest BCUT2D eigenvalue weighted by atomic mass is 10.0. The molecule has 0 bridgehead atoms.